The SMILES string of the molecule is CC1CCC(Cn2cnc3nc(-c4noc(=O)[nH]4)nc(Cl)c32)CC1. The van der Waals surface area contributed by atoms with Crippen LogP contribution < -0.4 is 5.76 Å². The zero-order chi connectivity index (χ0) is 16.7. The molecule has 1 fully saturated rings. The Kier molecular flexibility index (Phi) is 3.84. The molecule has 9 heteroatoms. The quantitative estimate of drug-likeness (QED) is 0.730. The molecular weight excluding hydrogens is 332 g/mol. The molecule has 3 heterocycles. The maximum absolute atomic E-state index is 11.1. The van der Waals surface area contributed by atoms with Gasteiger partial charge in [-0.05, 0) is 24.7 Å². The van der Waals surface area contributed by atoms with Crippen molar-refractivity contribution >= 4 is 22.8 Å². The maximum Gasteiger partial charge on any atom is 0.439 e. The fourth-order valence-electron chi connectivity index (χ4n) is 3.30. The van der Waals surface area contributed by atoms with Gasteiger partial charge >= 0.3 is 5.76 Å². The summed E-state index contributed by atoms with van der Waals surface area (Å²) in [7, 11) is 0. The van der Waals surface area contributed by atoms with Crippen molar-refractivity contribution in [3.05, 3.63) is 22.0 Å². The van der Waals surface area contributed by atoms with E-state index in [2.05, 4.69) is 36.5 Å². The number of imidazole rings is 1. The van der Waals surface area contributed by atoms with Crippen LogP contribution >= 0.6 is 11.6 Å². The lowest BCUT2D eigenvalue weighted by molar-refractivity contribution is 0.266. The lowest BCUT2D eigenvalue weighted by Gasteiger charge is -2.26. The van der Waals surface area contributed by atoms with Crippen molar-refractivity contribution in [2.75, 3.05) is 0 Å². The number of fused-ring (bicyclic) bond motifs is 1. The number of aromatic nitrogens is 6. The first-order valence-electron chi connectivity index (χ1n) is 8.05. The van der Waals surface area contributed by atoms with Gasteiger partial charge in [-0.3, -0.25) is 9.51 Å². The summed E-state index contributed by atoms with van der Waals surface area (Å²) in [6.07, 6.45) is 6.73. The van der Waals surface area contributed by atoms with E-state index >= 15 is 0 Å². The minimum atomic E-state index is -0.665. The molecule has 24 heavy (non-hydrogen) atoms. The van der Waals surface area contributed by atoms with Gasteiger partial charge in [-0.15, -0.1) is 0 Å². The molecule has 0 amide bonds. The zero-order valence-electron chi connectivity index (χ0n) is 13.2. The van der Waals surface area contributed by atoms with Crippen molar-refractivity contribution in [3.63, 3.8) is 0 Å². The monoisotopic (exact) mass is 348 g/mol. The van der Waals surface area contributed by atoms with E-state index < -0.39 is 5.76 Å². The Balaban J connectivity index is 1.65. The molecule has 0 aliphatic heterocycles. The van der Waals surface area contributed by atoms with Gasteiger partial charge in [-0.2, -0.15) is 0 Å². The van der Waals surface area contributed by atoms with Gasteiger partial charge in [0.2, 0.25) is 11.6 Å². The average Bonchev–Trinajstić information content (AvgIpc) is 3.16. The molecule has 0 spiro atoms. The highest BCUT2D eigenvalue weighted by molar-refractivity contribution is 6.33. The first-order chi connectivity index (χ1) is 11.6. The summed E-state index contributed by atoms with van der Waals surface area (Å²) < 4.78 is 6.50. The molecule has 0 radical (unpaired) electrons. The predicted octanol–water partition coefficient (Wildman–Crippen LogP) is 2.65. The number of nitrogens with zero attached hydrogens (tertiary/aromatic N) is 5. The van der Waals surface area contributed by atoms with Crippen LogP contribution in [0.3, 0.4) is 0 Å². The number of nitrogens with one attached hydrogen (secondary N) is 1. The van der Waals surface area contributed by atoms with Crippen LogP contribution in [-0.4, -0.2) is 29.7 Å². The van der Waals surface area contributed by atoms with E-state index in [4.69, 9.17) is 11.6 Å². The van der Waals surface area contributed by atoms with Gasteiger partial charge in [0.15, 0.2) is 10.8 Å². The average molecular weight is 349 g/mol. The lowest BCUT2D eigenvalue weighted by Crippen LogP contribution is -2.17. The minimum absolute atomic E-state index is 0.139. The molecule has 1 saturated carbocycles. The summed E-state index contributed by atoms with van der Waals surface area (Å²) in [6, 6.07) is 0. The molecule has 0 atom stereocenters. The second kappa shape index (κ2) is 6.01. The number of hydrogen-bond acceptors (Lipinski definition) is 6. The van der Waals surface area contributed by atoms with Crippen molar-refractivity contribution in [3.8, 4) is 11.6 Å². The van der Waals surface area contributed by atoms with Crippen molar-refractivity contribution in [1.82, 2.24) is 29.7 Å². The first kappa shape index (κ1) is 15.3. The van der Waals surface area contributed by atoms with Gasteiger partial charge in [0.1, 0.15) is 5.52 Å². The van der Waals surface area contributed by atoms with E-state index in [-0.39, 0.29) is 11.6 Å². The third-order valence-corrected chi connectivity index (χ3v) is 4.94. The standard InChI is InChI=1S/C15H17ClN6O2/c1-8-2-4-9(5-3-8)6-22-7-17-12-10(22)11(16)18-13(19-12)14-20-15(23)24-21-14/h7-9H,2-6H2,1H3,(H,20,21,23). The highest BCUT2D eigenvalue weighted by Gasteiger charge is 2.21. The molecule has 1 aliphatic carbocycles. The smallest absolute Gasteiger partial charge is 0.326 e. The van der Waals surface area contributed by atoms with Crippen molar-refractivity contribution in [1.29, 1.82) is 0 Å². The van der Waals surface area contributed by atoms with Gasteiger partial charge in [0.25, 0.3) is 0 Å². The highest BCUT2D eigenvalue weighted by Crippen LogP contribution is 2.31. The molecule has 1 N–H and O–H groups in total. The normalized spacial score (nSPS) is 21.4. The zero-order valence-corrected chi connectivity index (χ0v) is 14.0. The van der Waals surface area contributed by atoms with Gasteiger partial charge in [0.05, 0.1) is 6.33 Å². The van der Waals surface area contributed by atoms with Crippen LogP contribution in [0.1, 0.15) is 32.6 Å². The Morgan fingerprint density at radius 3 is 2.83 bits per heavy atom. The first-order valence-corrected chi connectivity index (χ1v) is 8.42. The van der Waals surface area contributed by atoms with Crippen LogP contribution in [0.15, 0.2) is 15.6 Å². The Hall–Kier alpha value is -2.22. The van der Waals surface area contributed by atoms with Gasteiger partial charge in [-0.1, -0.05) is 36.5 Å². The van der Waals surface area contributed by atoms with Gasteiger partial charge < -0.3 is 4.57 Å². The van der Waals surface area contributed by atoms with Gasteiger partial charge in [0, 0.05) is 6.54 Å². The Labute approximate surface area is 142 Å². The molecule has 1 aliphatic rings. The van der Waals surface area contributed by atoms with E-state index in [9.17, 15) is 4.79 Å². The number of hydrogen-bond donors (Lipinski definition) is 1. The summed E-state index contributed by atoms with van der Waals surface area (Å²) in [5.74, 6) is 1.11. The third kappa shape index (κ3) is 2.82. The van der Waals surface area contributed by atoms with Crippen LogP contribution in [0.2, 0.25) is 5.15 Å². The topological polar surface area (TPSA) is 102 Å². The molecule has 8 nitrogen and oxygen atoms in total. The molecule has 0 unspecified atom stereocenters. The lowest BCUT2D eigenvalue weighted by atomic mass is 9.83. The van der Waals surface area contributed by atoms with Crippen molar-refractivity contribution in [2.45, 2.75) is 39.2 Å². The Morgan fingerprint density at radius 2 is 2.12 bits per heavy atom. The molecule has 0 bridgehead atoms. The van der Waals surface area contributed by atoms with E-state index in [0.29, 0.717) is 22.2 Å². The third-order valence-electron chi connectivity index (χ3n) is 4.67. The Morgan fingerprint density at radius 1 is 1.33 bits per heavy atom. The molecule has 3 aromatic heterocycles. The molecule has 3 aromatic rings. The fourth-order valence-corrected chi connectivity index (χ4v) is 3.57. The Bertz CT molecular complexity index is 922. The molecular formula is C15H17ClN6O2. The van der Waals surface area contributed by atoms with E-state index in [1.54, 1.807) is 6.33 Å². The van der Waals surface area contributed by atoms with E-state index in [1.807, 2.05) is 4.57 Å². The summed E-state index contributed by atoms with van der Waals surface area (Å²) in [6.45, 7) is 3.18. The van der Waals surface area contributed by atoms with Crippen LogP contribution in [0.4, 0.5) is 0 Å². The number of halogens is 1. The second-order valence-electron chi connectivity index (χ2n) is 6.48. The summed E-state index contributed by atoms with van der Waals surface area (Å²) >= 11 is 6.34. The van der Waals surface area contributed by atoms with E-state index in [0.717, 1.165) is 12.5 Å². The molecule has 0 aromatic carbocycles. The van der Waals surface area contributed by atoms with Crippen molar-refractivity contribution in [2.24, 2.45) is 11.8 Å². The number of H-pyrrole nitrogens is 1. The van der Waals surface area contributed by atoms with Crippen LogP contribution in [0.25, 0.3) is 22.8 Å². The fraction of sp³-hybridized carbons (Fsp3) is 0.533. The summed E-state index contributed by atoms with van der Waals surface area (Å²) in [5.41, 5.74) is 1.20. The van der Waals surface area contributed by atoms with Crippen LogP contribution in [0, 0.1) is 11.8 Å². The van der Waals surface area contributed by atoms with Gasteiger partial charge in [-0.25, -0.2) is 19.7 Å². The predicted molar refractivity (Wildman–Crippen MR) is 87.6 cm³/mol. The number of rotatable bonds is 3. The maximum atomic E-state index is 11.1. The van der Waals surface area contributed by atoms with Crippen LogP contribution in [-0.2, 0) is 6.54 Å². The molecule has 4 rings (SSSR count). The summed E-state index contributed by atoms with van der Waals surface area (Å²) in [5, 5.41) is 3.87. The highest BCUT2D eigenvalue weighted by atomic mass is 35.5. The minimum Gasteiger partial charge on any atom is -0.326 e. The number of aromatic amines is 1. The largest absolute Gasteiger partial charge is 0.439 e. The summed E-state index contributed by atoms with van der Waals surface area (Å²) in [4.78, 5) is 26.4. The molecule has 126 valence electrons. The second-order valence-corrected chi connectivity index (χ2v) is 6.83. The molecule has 0 saturated heterocycles. The van der Waals surface area contributed by atoms with Crippen molar-refractivity contribution < 1.29 is 4.52 Å². The van der Waals surface area contributed by atoms with Crippen LogP contribution in [0.5, 0.6) is 0 Å². The van der Waals surface area contributed by atoms with E-state index in [1.165, 1.54) is 25.7 Å².